The number of rotatable bonds is 2. The van der Waals surface area contributed by atoms with E-state index in [1.807, 2.05) is 0 Å². The van der Waals surface area contributed by atoms with E-state index in [1.54, 1.807) is 25.1 Å². The van der Waals surface area contributed by atoms with Gasteiger partial charge in [-0.2, -0.15) is 0 Å². The third-order valence-corrected chi connectivity index (χ3v) is 5.90. The Balaban J connectivity index is 1.79. The van der Waals surface area contributed by atoms with Crippen LogP contribution in [0.15, 0.2) is 34.2 Å². The van der Waals surface area contributed by atoms with Gasteiger partial charge in [-0.1, -0.05) is 12.1 Å². The van der Waals surface area contributed by atoms with Crippen LogP contribution >= 0.6 is 0 Å². The Morgan fingerprint density at radius 1 is 1.33 bits per heavy atom. The molecule has 3 aromatic rings. The first-order valence-corrected chi connectivity index (χ1v) is 9.39. The number of aromatic hydroxyl groups is 1. The molecule has 0 aliphatic carbocycles. The van der Waals surface area contributed by atoms with E-state index < -0.39 is 11.6 Å². The number of benzene rings is 1. The summed E-state index contributed by atoms with van der Waals surface area (Å²) in [5.74, 6) is -0.830. The summed E-state index contributed by atoms with van der Waals surface area (Å²) < 4.78 is 6.60. The van der Waals surface area contributed by atoms with Crippen molar-refractivity contribution in [3.05, 3.63) is 56.9 Å². The first-order chi connectivity index (χ1) is 14.4. The van der Waals surface area contributed by atoms with Crippen LogP contribution in [0.3, 0.4) is 0 Å². The Morgan fingerprint density at radius 2 is 2.13 bits per heavy atom. The quantitative estimate of drug-likeness (QED) is 0.199. The highest BCUT2D eigenvalue weighted by Crippen LogP contribution is 2.39. The molecule has 5 rings (SSSR count). The molecule has 0 bridgehead atoms. The van der Waals surface area contributed by atoms with Gasteiger partial charge in [0.05, 0.1) is 35.2 Å². The Hall–Kier alpha value is -3.72. The highest BCUT2D eigenvalue weighted by atomic mass is 16.6. The van der Waals surface area contributed by atoms with Crippen LogP contribution in [0.4, 0.5) is 0 Å². The number of hydrogen-bond acceptors (Lipinski definition) is 8. The zero-order chi connectivity index (χ0) is 21.2. The molecule has 2 aromatic heterocycles. The second-order valence-corrected chi connectivity index (χ2v) is 7.41. The molecule has 0 radical (unpaired) electrons. The number of carbonyl (C=O) groups is 1. The molecule has 0 spiro atoms. The number of nitrogens with zero attached hydrogens (tertiary/aromatic N) is 3. The molecule has 30 heavy (non-hydrogen) atoms. The zero-order valence-electron chi connectivity index (χ0n) is 15.9. The molecule has 0 amide bonds. The van der Waals surface area contributed by atoms with Gasteiger partial charge in [-0.15, -0.1) is 0 Å². The van der Waals surface area contributed by atoms with Crippen LogP contribution in [-0.4, -0.2) is 37.2 Å². The summed E-state index contributed by atoms with van der Waals surface area (Å²) in [6, 6.07) is 6.49. The van der Waals surface area contributed by atoms with E-state index in [1.165, 1.54) is 10.6 Å². The SMILES string of the molecule is CCC1(O)C(=O)OCc2c1cc1n(c2=O)Cc2cc3c(C=NO)c(O)ccc3nc2-1. The number of phenols is 1. The summed E-state index contributed by atoms with van der Waals surface area (Å²) in [7, 11) is 0. The normalized spacial score (nSPS) is 19.6. The number of oxime groups is 1. The zero-order valence-corrected chi connectivity index (χ0v) is 15.9. The lowest BCUT2D eigenvalue weighted by atomic mass is 9.86. The summed E-state index contributed by atoms with van der Waals surface area (Å²) in [6.45, 7) is 1.70. The molecule has 9 nitrogen and oxygen atoms in total. The number of aliphatic hydroxyl groups is 1. The van der Waals surface area contributed by atoms with E-state index in [0.717, 1.165) is 11.8 Å². The third-order valence-electron chi connectivity index (χ3n) is 5.90. The molecule has 0 saturated heterocycles. The average molecular weight is 407 g/mol. The summed E-state index contributed by atoms with van der Waals surface area (Å²) in [4.78, 5) is 30.0. The van der Waals surface area contributed by atoms with Crippen LogP contribution in [0.2, 0.25) is 0 Å². The number of carbonyl (C=O) groups excluding carboxylic acids is 1. The van der Waals surface area contributed by atoms with E-state index in [0.29, 0.717) is 27.9 Å². The largest absolute Gasteiger partial charge is 0.507 e. The molecule has 1 unspecified atom stereocenters. The molecule has 0 saturated carbocycles. The van der Waals surface area contributed by atoms with E-state index in [4.69, 9.17) is 9.94 Å². The molecule has 9 heteroatoms. The van der Waals surface area contributed by atoms with Crippen molar-refractivity contribution in [1.29, 1.82) is 0 Å². The highest BCUT2D eigenvalue weighted by molar-refractivity contribution is 6.02. The van der Waals surface area contributed by atoms with Gasteiger partial charge < -0.3 is 24.7 Å². The molecule has 2 aliphatic heterocycles. The van der Waals surface area contributed by atoms with Gasteiger partial charge in [0.2, 0.25) is 0 Å². The van der Waals surface area contributed by atoms with Gasteiger partial charge >= 0.3 is 5.97 Å². The van der Waals surface area contributed by atoms with Crippen LogP contribution in [-0.2, 0) is 28.3 Å². The van der Waals surface area contributed by atoms with Crippen LogP contribution < -0.4 is 5.56 Å². The monoisotopic (exact) mass is 407 g/mol. The number of hydrogen-bond donors (Lipinski definition) is 3. The smallest absolute Gasteiger partial charge is 0.343 e. The second kappa shape index (κ2) is 6.14. The van der Waals surface area contributed by atoms with E-state index >= 15 is 0 Å². The van der Waals surface area contributed by atoms with E-state index in [-0.39, 0.29) is 42.0 Å². The molecular weight excluding hydrogens is 390 g/mol. The maximum Gasteiger partial charge on any atom is 0.343 e. The minimum absolute atomic E-state index is 0.0612. The van der Waals surface area contributed by atoms with Crippen LogP contribution in [0.5, 0.6) is 5.75 Å². The fourth-order valence-corrected chi connectivity index (χ4v) is 4.26. The lowest BCUT2D eigenvalue weighted by Crippen LogP contribution is -2.44. The van der Waals surface area contributed by atoms with Crippen molar-refractivity contribution in [1.82, 2.24) is 9.55 Å². The van der Waals surface area contributed by atoms with Gasteiger partial charge in [0.1, 0.15) is 12.4 Å². The average Bonchev–Trinajstić information content (AvgIpc) is 3.10. The predicted molar refractivity (Wildman–Crippen MR) is 106 cm³/mol. The molecule has 1 atom stereocenters. The molecule has 3 N–H and O–H groups in total. The van der Waals surface area contributed by atoms with Crippen LogP contribution in [0.25, 0.3) is 22.3 Å². The number of cyclic esters (lactones) is 1. The number of phenolic OH excluding ortho intramolecular Hbond substituents is 1. The van der Waals surface area contributed by atoms with E-state index in [2.05, 4.69) is 10.1 Å². The molecule has 0 fully saturated rings. The van der Waals surface area contributed by atoms with Crippen molar-refractivity contribution in [2.75, 3.05) is 0 Å². The lowest BCUT2D eigenvalue weighted by Gasteiger charge is -2.31. The van der Waals surface area contributed by atoms with Gasteiger partial charge in [-0.3, -0.25) is 4.79 Å². The number of fused-ring (bicyclic) bond motifs is 5. The van der Waals surface area contributed by atoms with Crippen LogP contribution in [0.1, 0.15) is 35.6 Å². The lowest BCUT2D eigenvalue weighted by molar-refractivity contribution is -0.172. The second-order valence-electron chi connectivity index (χ2n) is 7.41. The third kappa shape index (κ3) is 2.26. The summed E-state index contributed by atoms with van der Waals surface area (Å²) >= 11 is 0. The van der Waals surface area contributed by atoms with E-state index in [9.17, 15) is 19.8 Å². The van der Waals surface area contributed by atoms with Crippen molar-refractivity contribution < 1.29 is 25.0 Å². The van der Waals surface area contributed by atoms with Crippen molar-refractivity contribution in [2.45, 2.75) is 32.1 Å². The molecule has 1 aromatic carbocycles. The van der Waals surface area contributed by atoms with Crippen molar-refractivity contribution in [3.63, 3.8) is 0 Å². The number of pyridine rings is 2. The number of aromatic nitrogens is 2. The Bertz CT molecular complexity index is 1340. The standard InChI is InChI=1S/C21H17N3O6/c1-2-21(28)14-6-16-18-10(8-24(16)19(26)13(14)9-30-20(21)27)5-11-12(7-22-29)17(25)4-3-15(11)23-18/h3-7,25,28-29H,2,8-9H2,1H3. The van der Waals surface area contributed by atoms with Crippen molar-refractivity contribution in [2.24, 2.45) is 5.16 Å². The highest BCUT2D eigenvalue weighted by Gasteiger charge is 2.45. The minimum Gasteiger partial charge on any atom is -0.507 e. The topological polar surface area (TPSA) is 134 Å². The maximum atomic E-state index is 13.1. The fourth-order valence-electron chi connectivity index (χ4n) is 4.26. The number of esters is 1. The molecule has 2 aliphatic rings. The fraction of sp³-hybridized carbons (Fsp3) is 0.238. The van der Waals surface area contributed by atoms with Gasteiger partial charge in [0, 0.05) is 22.1 Å². The summed E-state index contributed by atoms with van der Waals surface area (Å²) in [6.07, 6.45) is 1.20. The van der Waals surface area contributed by atoms with Gasteiger partial charge in [-0.25, -0.2) is 9.78 Å². The Labute approximate surface area is 169 Å². The van der Waals surface area contributed by atoms with Gasteiger partial charge in [0.15, 0.2) is 5.60 Å². The molecular formula is C21H17N3O6. The van der Waals surface area contributed by atoms with Crippen molar-refractivity contribution in [3.8, 4) is 17.1 Å². The molecule has 4 heterocycles. The molecule has 152 valence electrons. The minimum atomic E-state index is -1.88. The summed E-state index contributed by atoms with van der Waals surface area (Å²) in [5, 5.41) is 33.5. The first-order valence-electron chi connectivity index (χ1n) is 9.39. The Morgan fingerprint density at radius 3 is 2.87 bits per heavy atom. The predicted octanol–water partition coefficient (Wildman–Crippen LogP) is 1.59. The first kappa shape index (κ1) is 18.3. The maximum absolute atomic E-state index is 13.1. The number of ether oxygens (including phenoxy) is 1. The van der Waals surface area contributed by atoms with Crippen molar-refractivity contribution >= 4 is 23.1 Å². The van der Waals surface area contributed by atoms with Gasteiger partial charge in [0.25, 0.3) is 5.56 Å². The van der Waals surface area contributed by atoms with Gasteiger partial charge in [-0.05, 0) is 30.7 Å². The Kier molecular flexibility index (Phi) is 3.75. The summed E-state index contributed by atoms with van der Waals surface area (Å²) in [5.41, 5.74) is 0.920. The van der Waals surface area contributed by atoms with Crippen LogP contribution in [0, 0.1) is 0 Å².